The number of aliphatic hydroxyl groups is 4. The van der Waals surface area contributed by atoms with Crippen molar-refractivity contribution in [1.29, 1.82) is 0 Å². The van der Waals surface area contributed by atoms with Crippen LogP contribution in [0.1, 0.15) is 114 Å². The van der Waals surface area contributed by atoms with E-state index >= 15 is 19.2 Å². The Balaban J connectivity index is 2.16. The van der Waals surface area contributed by atoms with E-state index in [-0.39, 0.29) is 36.8 Å². The number of phenolic OH excluding ortho intramolecular Hbond substituents is 1. The normalized spacial score (nSPS) is 23.8. The van der Waals surface area contributed by atoms with Gasteiger partial charge in [0.1, 0.15) is 66.2 Å². The fourth-order valence-electron chi connectivity index (χ4n) is 10.8. The first-order valence-corrected chi connectivity index (χ1v) is 32.7. The van der Waals surface area contributed by atoms with E-state index in [2.05, 4.69) is 47.9 Å². The third-order valence-electron chi connectivity index (χ3n) is 17.2. The smallest absolute Gasteiger partial charge is 0.329 e. The molecule has 1 aromatic carbocycles. The number of rotatable bonds is 26. The first-order valence-electron chi connectivity index (χ1n) is 32.7. The van der Waals surface area contributed by atoms with Gasteiger partial charge in [-0.05, 0) is 96.3 Å². The number of likely N-dealkylation sites (N-methyl/N-ethyl adjacent to an activating group) is 1. The van der Waals surface area contributed by atoms with Crippen molar-refractivity contribution >= 4 is 76.9 Å². The van der Waals surface area contributed by atoms with E-state index in [4.69, 9.17) is 19.9 Å². The lowest BCUT2D eigenvalue weighted by Crippen LogP contribution is -2.64. The molecule has 552 valence electrons. The number of methoxy groups -OCH3 is 2. The minimum Gasteiger partial charge on any atom is -0.504 e. The molecule has 2 aliphatic heterocycles. The second-order valence-corrected chi connectivity index (χ2v) is 25.5. The van der Waals surface area contributed by atoms with Gasteiger partial charge >= 0.3 is 5.97 Å². The molecule has 3 rings (SSSR count). The number of primary amides is 1. The highest BCUT2D eigenvalue weighted by Crippen LogP contribution is 2.29. The van der Waals surface area contributed by atoms with Crippen molar-refractivity contribution in [2.75, 3.05) is 47.5 Å². The number of amides is 12. The van der Waals surface area contributed by atoms with Gasteiger partial charge in [0.2, 0.25) is 59.1 Å². The Bertz CT molecular complexity index is 3170. The maximum absolute atomic E-state index is 15.2. The maximum Gasteiger partial charge on any atom is 0.329 e. The molecule has 99 heavy (non-hydrogen) atoms. The van der Waals surface area contributed by atoms with Crippen molar-refractivity contribution in [3.05, 3.63) is 59.3 Å². The Morgan fingerprint density at radius 2 is 1.52 bits per heavy atom. The van der Waals surface area contributed by atoms with E-state index in [1.807, 2.05) is 19.9 Å². The Hall–Kier alpha value is -9.05. The largest absolute Gasteiger partial charge is 0.504 e. The summed E-state index contributed by atoms with van der Waals surface area (Å²) in [7, 11) is 3.62. The Kier molecular flexibility index (Phi) is 33.1. The highest BCUT2D eigenvalue weighted by atomic mass is 16.5. The molecular formula is C66H102N12O21. The van der Waals surface area contributed by atoms with Gasteiger partial charge in [0.25, 0.3) is 11.8 Å². The van der Waals surface area contributed by atoms with Crippen LogP contribution in [-0.2, 0) is 78.2 Å². The second kappa shape index (κ2) is 38.9. The topological polar surface area (TPSA) is 492 Å². The zero-order valence-corrected chi connectivity index (χ0v) is 58.9. The number of aromatic hydroxyl groups is 1. The van der Waals surface area contributed by atoms with Gasteiger partial charge in [0, 0.05) is 33.0 Å². The zero-order chi connectivity index (χ0) is 75.1. The number of cyclic esters (lactones) is 1. The van der Waals surface area contributed by atoms with Crippen molar-refractivity contribution < 1.29 is 102 Å². The Labute approximate surface area is 575 Å². The number of benzene rings is 1. The van der Waals surface area contributed by atoms with Crippen molar-refractivity contribution in [2.45, 2.75) is 194 Å². The van der Waals surface area contributed by atoms with Crippen LogP contribution >= 0.6 is 0 Å². The highest BCUT2D eigenvalue weighted by Gasteiger charge is 2.46. The van der Waals surface area contributed by atoms with Gasteiger partial charge in [-0.1, -0.05) is 83.9 Å². The van der Waals surface area contributed by atoms with Crippen LogP contribution < -0.4 is 58.3 Å². The first-order chi connectivity index (χ1) is 46.3. The lowest BCUT2D eigenvalue weighted by Gasteiger charge is -2.39. The summed E-state index contributed by atoms with van der Waals surface area (Å²) in [6.45, 7) is 14.8. The van der Waals surface area contributed by atoms with Gasteiger partial charge in [0.15, 0.2) is 17.1 Å². The van der Waals surface area contributed by atoms with Crippen LogP contribution in [0.3, 0.4) is 0 Å². The molecule has 1 aromatic rings. The molecule has 4 unspecified atom stereocenters. The molecule has 33 nitrogen and oxygen atoms in total. The number of carbonyl (C=O) groups is 13. The van der Waals surface area contributed by atoms with E-state index < -0.39 is 198 Å². The van der Waals surface area contributed by atoms with Crippen molar-refractivity contribution in [3.63, 3.8) is 0 Å². The molecule has 2 heterocycles. The van der Waals surface area contributed by atoms with Gasteiger partial charge in [-0.3, -0.25) is 57.5 Å². The minimum atomic E-state index is -2.45. The fraction of sp³-hybridized carbons (Fsp3) is 0.621. The van der Waals surface area contributed by atoms with Crippen LogP contribution in [0.2, 0.25) is 0 Å². The molecule has 0 bridgehead atoms. The predicted molar refractivity (Wildman–Crippen MR) is 356 cm³/mol. The van der Waals surface area contributed by atoms with Crippen LogP contribution in [0.5, 0.6) is 11.5 Å². The number of allylic oxidation sites excluding steroid dienone is 4. The third kappa shape index (κ3) is 24.1. The van der Waals surface area contributed by atoms with Gasteiger partial charge in [-0.2, -0.15) is 0 Å². The molecular weight excluding hydrogens is 1300 g/mol. The molecule has 16 atom stereocenters. The summed E-state index contributed by atoms with van der Waals surface area (Å²) >= 11 is 0. The maximum atomic E-state index is 15.2. The lowest BCUT2D eigenvalue weighted by atomic mass is 9.87. The number of carbonyl (C=O) groups excluding carboxylic acids is 13. The fourth-order valence-corrected chi connectivity index (χ4v) is 10.8. The second-order valence-electron chi connectivity index (χ2n) is 25.5. The number of hydrogen-bond acceptors (Lipinski definition) is 21. The number of fused-ring (bicyclic) bond motifs is 1. The summed E-state index contributed by atoms with van der Waals surface area (Å²) in [5.74, 6) is -17.8. The van der Waals surface area contributed by atoms with Crippen LogP contribution in [0, 0.1) is 23.7 Å². The molecule has 0 aromatic heterocycles. The summed E-state index contributed by atoms with van der Waals surface area (Å²) in [5, 5.41) is 75.2. The first kappa shape index (κ1) is 84.2. The van der Waals surface area contributed by atoms with E-state index in [1.54, 1.807) is 6.92 Å². The van der Waals surface area contributed by atoms with Crippen molar-refractivity contribution in [1.82, 2.24) is 57.7 Å². The molecule has 0 radical (unpaired) electrons. The van der Waals surface area contributed by atoms with Crippen molar-refractivity contribution in [3.8, 4) is 11.5 Å². The molecule has 33 heteroatoms. The van der Waals surface area contributed by atoms with E-state index in [0.29, 0.717) is 18.4 Å². The number of hydrogen-bond donors (Lipinski definition) is 15. The Morgan fingerprint density at radius 1 is 0.869 bits per heavy atom. The van der Waals surface area contributed by atoms with Crippen LogP contribution in [0.4, 0.5) is 0 Å². The summed E-state index contributed by atoms with van der Waals surface area (Å²) in [6, 6.07) is -9.66. The number of nitrogens with two attached hydrogens (primary N) is 1. The lowest BCUT2D eigenvalue weighted by molar-refractivity contribution is -0.167. The van der Waals surface area contributed by atoms with E-state index in [0.717, 1.165) is 48.8 Å². The third-order valence-corrected chi connectivity index (χ3v) is 17.2. The van der Waals surface area contributed by atoms with E-state index in [1.165, 1.54) is 93.0 Å². The number of piperidine rings is 1. The number of aliphatic hydroxyl groups excluding tert-OH is 3. The average Bonchev–Trinajstić information content (AvgIpc) is 0.807. The van der Waals surface area contributed by atoms with Crippen molar-refractivity contribution in [2.24, 2.45) is 29.4 Å². The summed E-state index contributed by atoms with van der Waals surface area (Å²) in [5.41, 5.74) is 3.74. The number of nitrogens with one attached hydrogen (secondary N) is 9. The zero-order valence-electron chi connectivity index (χ0n) is 58.9. The number of nitrogens with zero attached hydrogens (tertiary/aromatic N) is 2. The average molecular weight is 1400 g/mol. The monoisotopic (exact) mass is 1400 g/mol. The molecule has 16 N–H and O–H groups in total. The van der Waals surface area contributed by atoms with Crippen LogP contribution in [0.15, 0.2) is 53.8 Å². The molecule has 12 amide bonds. The molecule has 2 saturated heterocycles. The van der Waals surface area contributed by atoms with Crippen LogP contribution in [0.25, 0.3) is 0 Å². The van der Waals surface area contributed by atoms with E-state index in [9.17, 15) is 68.7 Å². The molecule has 0 saturated carbocycles. The number of ether oxygens (including phenoxy) is 3. The standard InChI is InChI=1S/C66H102N12O21/c1-16-33(5)26-34(6)21-24-47(82)66(12,96)65(95)69-30-49(84)74-51(38(10)79)59(89)71-41(17-2)57(87)75-50(35(7)36(8)55(67)85)58(88)76-52-54(32(3)4)99-64(94)44-20-18-19-25-78(44)63(93)42(27-40-22-23-45(81)46(28-40)98-15)72-61(91)53(39(11)80)77(13)62(92)37(9)70-48(83)29-68-56(86)43(31-97-14)73-60(52)90/h17,21-24,26,28,32-33,35-39,42-44,47,50-54,79-82,96H,16,18-20,25,27,29-31H2,1-15H3,(H2,67,85)(H,68,86)(H,69,95)(H,70,83)(H,71,89)(H,72,91)(H,73,90)(H,74,84)(H,75,87)(H,76,88)/b24-21-,34-26+,41-17-/t33?,35-,36+,37-,38-,39-,42-,43+,44-,47?,50-,51+,52+,53+,54?,66?/m0/s1. The summed E-state index contributed by atoms with van der Waals surface area (Å²) in [4.78, 5) is 186. The summed E-state index contributed by atoms with van der Waals surface area (Å²) < 4.78 is 16.8. The van der Waals surface area contributed by atoms with Gasteiger partial charge in [-0.15, -0.1) is 0 Å². The Morgan fingerprint density at radius 3 is 2.09 bits per heavy atom. The van der Waals surface area contributed by atoms with Gasteiger partial charge in [-0.25, -0.2) is 4.79 Å². The summed E-state index contributed by atoms with van der Waals surface area (Å²) in [6.07, 6.45) is -0.00576. The minimum absolute atomic E-state index is 0.00618. The van der Waals surface area contributed by atoms with Gasteiger partial charge in [0.05, 0.1) is 39.0 Å². The number of esters is 1. The van der Waals surface area contributed by atoms with Crippen LogP contribution in [-0.4, -0.2) is 238 Å². The molecule has 0 aliphatic carbocycles. The highest BCUT2D eigenvalue weighted by molar-refractivity contribution is 6.03. The quantitative estimate of drug-likeness (QED) is 0.0246. The molecule has 2 aliphatic rings. The number of phenols is 1. The molecule has 0 spiro atoms. The molecule has 2 fully saturated rings. The SMILES string of the molecule is C/C=C(\NC(=O)[C@H](NC(=O)CNC(=O)C(C)(O)C(O)/C=C\C(C)=C\C(C)CC)[C@H](C)O)C(=O)N[C@H](C(=O)N[C@H]1C(=O)N[C@H](COC)C(=O)NCC(=O)N[C@@H](C)C(=O)N(C)[C@H]([C@H](C)O)C(=O)N[C@@H](Cc2ccc(O)c(OC)c2)C(=O)N2CCCC[C@H]2C(=O)OC1C(C)C)[C@@H](C)[C@@H](C)C(N)=O. The van der Waals surface area contributed by atoms with Gasteiger partial charge < -0.3 is 103 Å². The predicted octanol–water partition coefficient (Wildman–Crippen LogP) is -3.26.